The maximum absolute atomic E-state index is 11.9. The molecular weight excluding hydrogens is 256 g/mol. The van der Waals surface area contributed by atoms with E-state index < -0.39 is 0 Å². The van der Waals surface area contributed by atoms with Crippen LogP contribution in [0, 0.1) is 6.92 Å². The summed E-state index contributed by atoms with van der Waals surface area (Å²) in [6.45, 7) is 4.74. The Balaban J connectivity index is 1.81. The van der Waals surface area contributed by atoms with Gasteiger partial charge in [0.25, 0.3) is 0 Å². The number of hydrogen-bond donors (Lipinski definition) is 0. The molecule has 2 rings (SSSR count). The van der Waals surface area contributed by atoms with Crippen LogP contribution in [-0.2, 0) is 9.59 Å². The van der Waals surface area contributed by atoms with E-state index in [9.17, 15) is 9.59 Å². The van der Waals surface area contributed by atoms with Gasteiger partial charge in [0, 0.05) is 38.1 Å². The summed E-state index contributed by atoms with van der Waals surface area (Å²) in [6.07, 6.45) is 3.18. The fraction of sp³-hybridized carbons (Fsp3) is 0.533. The fourth-order valence-corrected chi connectivity index (χ4v) is 2.19. The number of hydrogen-bond acceptors (Lipinski definition) is 4. The molecule has 1 aromatic rings. The predicted molar refractivity (Wildman–Crippen MR) is 74.5 cm³/mol. The zero-order valence-electron chi connectivity index (χ0n) is 12.0. The molecule has 5 heteroatoms. The summed E-state index contributed by atoms with van der Waals surface area (Å²) in [7, 11) is 0. The van der Waals surface area contributed by atoms with Crippen molar-refractivity contribution in [3.8, 4) is 5.88 Å². The third-order valence-electron chi connectivity index (χ3n) is 3.36. The normalized spacial score (nSPS) is 18.1. The first-order valence-corrected chi connectivity index (χ1v) is 6.91. The standard InChI is InChI=1S/C15H20N2O3/c1-11-3-5-14(16-9-11)20-13-7-8-17(10-13)15(19)6-4-12(2)18/h3,5,9,13H,4,6-8,10H2,1-2H3. The van der Waals surface area contributed by atoms with Crippen LogP contribution in [0.2, 0.25) is 0 Å². The highest BCUT2D eigenvalue weighted by Crippen LogP contribution is 2.17. The zero-order valence-corrected chi connectivity index (χ0v) is 12.0. The molecular formula is C15H20N2O3. The van der Waals surface area contributed by atoms with Gasteiger partial charge in [0.2, 0.25) is 11.8 Å². The molecule has 0 aromatic carbocycles. The minimum Gasteiger partial charge on any atom is -0.472 e. The van der Waals surface area contributed by atoms with Crippen LogP contribution in [0.3, 0.4) is 0 Å². The van der Waals surface area contributed by atoms with Crippen molar-refractivity contribution in [3.05, 3.63) is 23.9 Å². The monoisotopic (exact) mass is 276 g/mol. The quantitative estimate of drug-likeness (QED) is 0.822. The van der Waals surface area contributed by atoms with Crippen molar-refractivity contribution < 1.29 is 14.3 Å². The Hall–Kier alpha value is -1.91. The number of amides is 1. The summed E-state index contributed by atoms with van der Waals surface area (Å²) in [4.78, 5) is 28.8. The lowest BCUT2D eigenvalue weighted by molar-refractivity contribution is -0.132. The summed E-state index contributed by atoms with van der Waals surface area (Å²) >= 11 is 0. The molecule has 0 bridgehead atoms. The Bertz CT molecular complexity index is 484. The second-order valence-electron chi connectivity index (χ2n) is 5.24. The van der Waals surface area contributed by atoms with Crippen molar-refractivity contribution in [3.63, 3.8) is 0 Å². The van der Waals surface area contributed by atoms with Crippen LogP contribution in [0.5, 0.6) is 5.88 Å². The van der Waals surface area contributed by atoms with E-state index in [1.165, 1.54) is 6.92 Å². The molecule has 1 unspecified atom stereocenters. The van der Waals surface area contributed by atoms with Crippen LogP contribution >= 0.6 is 0 Å². The number of likely N-dealkylation sites (tertiary alicyclic amines) is 1. The molecule has 0 saturated carbocycles. The summed E-state index contributed by atoms with van der Waals surface area (Å²) in [6, 6.07) is 3.79. The molecule has 0 N–H and O–H groups in total. The topological polar surface area (TPSA) is 59.5 Å². The van der Waals surface area contributed by atoms with Crippen molar-refractivity contribution in [2.45, 2.75) is 39.2 Å². The average molecular weight is 276 g/mol. The molecule has 1 fully saturated rings. The molecule has 5 nitrogen and oxygen atoms in total. The molecule has 1 amide bonds. The van der Waals surface area contributed by atoms with Gasteiger partial charge in [0.15, 0.2) is 0 Å². The van der Waals surface area contributed by atoms with Gasteiger partial charge >= 0.3 is 0 Å². The van der Waals surface area contributed by atoms with Gasteiger partial charge in [0.1, 0.15) is 11.9 Å². The molecule has 1 aliphatic heterocycles. The lowest BCUT2D eigenvalue weighted by Crippen LogP contribution is -2.31. The molecule has 0 spiro atoms. The number of aromatic nitrogens is 1. The first-order chi connectivity index (χ1) is 9.54. The minimum atomic E-state index is -0.00789. The lowest BCUT2D eigenvalue weighted by atomic mass is 10.2. The van der Waals surface area contributed by atoms with E-state index in [4.69, 9.17) is 4.74 Å². The van der Waals surface area contributed by atoms with Crippen LogP contribution in [0.25, 0.3) is 0 Å². The van der Waals surface area contributed by atoms with E-state index >= 15 is 0 Å². The Kier molecular flexibility index (Phi) is 4.71. The van der Waals surface area contributed by atoms with Crippen LogP contribution in [0.15, 0.2) is 18.3 Å². The number of carbonyl (C=O) groups excluding carboxylic acids is 2. The molecule has 1 aliphatic rings. The predicted octanol–water partition coefficient (Wildman–Crippen LogP) is 1.74. The molecule has 2 heterocycles. The largest absolute Gasteiger partial charge is 0.472 e. The molecule has 108 valence electrons. The van der Waals surface area contributed by atoms with E-state index in [1.807, 2.05) is 19.1 Å². The molecule has 20 heavy (non-hydrogen) atoms. The van der Waals surface area contributed by atoms with Crippen LogP contribution in [0.1, 0.15) is 31.7 Å². The second kappa shape index (κ2) is 6.50. The molecule has 0 radical (unpaired) electrons. The number of Topliss-reactive ketones (excluding diaryl/α,β-unsaturated/α-hetero) is 1. The van der Waals surface area contributed by atoms with Crippen molar-refractivity contribution in [1.82, 2.24) is 9.88 Å². The Morgan fingerprint density at radius 2 is 2.20 bits per heavy atom. The molecule has 1 atom stereocenters. The SMILES string of the molecule is CC(=O)CCC(=O)N1CCC(Oc2ccc(C)cn2)C1. The van der Waals surface area contributed by atoms with Crippen molar-refractivity contribution >= 4 is 11.7 Å². The molecule has 1 aromatic heterocycles. The first kappa shape index (κ1) is 14.5. The van der Waals surface area contributed by atoms with E-state index in [2.05, 4.69) is 4.98 Å². The first-order valence-electron chi connectivity index (χ1n) is 6.91. The van der Waals surface area contributed by atoms with Gasteiger partial charge < -0.3 is 14.4 Å². The highest BCUT2D eigenvalue weighted by atomic mass is 16.5. The summed E-state index contributed by atoms with van der Waals surface area (Å²) in [5.41, 5.74) is 1.09. The summed E-state index contributed by atoms with van der Waals surface area (Å²) < 4.78 is 5.76. The van der Waals surface area contributed by atoms with E-state index in [-0.39, 0.29) is 17.8 Å². The number of carbonyl (C=O) groups is 2. The van der Waals surface area contributed by atoms with Crippen molar-refractivity contribution in [1.29, 1.82) is 0 Å². The van der Waals surface area contributed by atoms with Gasteiger partial charge in [-0.1, -0.05) is 6.07 Å². The highest BCUT2D eigenvalue weighted by Gasteiger charge is 2.27. The van der Waals surface area contributed by atoms with Crippen molar-refractivity contribution in [2.24, 2.45) is 0 Å². The van der Waals surface area contributed by atoms with E-state index in [1.54, 1.807) is 11.1 Å². The molecule has 0 aliphatic carbocycles. The number of nitrogens with zero attached hydrogens (tertiary/aromatic N) is 2. The average Bonchev–Trinajstić information content (AvgIpc) is 2.87. The Morgan fingerprint density at radius 3 is 2.85 bits per heavy atom. The van der Waals surface area contributed by atoms with Crippen molar-refractivity contribution in [2.75, 3.05) is 13.1 Å². The smallest absolute Gasteiger partial charge is 0.223 e. The fourth-order valence-electron chi connectivity index (χ4n) is 2.19. The van der Waals surface area contributed by atoms with Gasteiger partial charge in [-0.3, -0.25) is 4.79 Å². The van der Waals surface area contributed by atoms with Crippen LogP contribution < -0.4 is 4.74 Å². The Labute approximate surface area is 118 Å². The Morgan fingerprint density at radius 1 is 1.40 bits per heavy atom. The highest BCUT2D eigenvalue weighted by molar-refractivity contribution is 5.83. The lowest BCUT2D eigenvalue weighted by Gasteiger charge is -2.16. The summed E-state index contributed by atoms with van der Waals surface area (Å²) in [5, 5.41) is 0. The zero-order chi connectivity index (χ0) is 14.5. The maximum Gasteiger partial charge on any atom is 0.223 e. The van der Waals surface area contributed by atoms with Gasteiger partial charge in [-0.15, -0.1) is 0 Å². The van der Waals surface area contributed by atoms with Gasteiger partial charge in [-0.05, 0) is 19.4 Å². The van der Waals surface area contributed by atoms with Gasteiger partial charge in [0.05, 0.1) is 6.54 Å². The number of aryl methyl sites for hydroxylation is 1. The van der Waals surface area contributed by atoms with E-state index in [0.29, 0.717) is 31.8 Å². The number of pyridine rings is 1. The second-order valence-corrected chi connectivity index (χ2v) is 5.24. The minimum absolute atomic E-state index is 0.00789. The third kappa shape index (κ3) is 4.05. The van der Waals surface area contributed by atoms with Crippen LogP contribution in [-0.4, -0.2) is 40.8 Å². The van der Waals surface area contributed by atoms with Crippen LogP contribution in [0.4, 0.5) is 0 Å². The van der Waals surface area contributed by atoms with Gasteiger partial charge in [-0.25, -0.2) is 4.98 Å². The van der Waals surface area contributed by atoms with Gasteiger partial charge in [-0.2, -0.15) is 0 Å². The maximum atomic E-state index is 11.9. The summed E-state index contributed by atoms with van der Waals surface area (Å²) in [5.74, 6) is 0.677. The van der Waals surface area contributed by atoms with E-state index in [0.717, 1.165) is 12.0 Å². The number of rotatable bonds is 5. The number of ether oxygens (including phenoxy) is 1. The third-order valence-corrected chi connectivity index (χ3v) is 3.36. The molecule has 1 saturated heterocycles. The number of ketones is 1.